The van der Waals surface area contributed by atoms with E-state index in [-0.39, 0.29) is 12.4 Å². The van der Waals surface area contributed by atoms with Gasteiger partial charge in [0.2, 0.25) is 0 Å². The van der Waals surface area contributed by atoms with Gasteiger partial charge in [0.25, 0.3) is 0 Å². The van der Waals surface area contributed by atoms with Gasteiger partial charge in [0.15, 0.2) is 0 Å². The Morgan fingerprint density at radius 1 is 1.38 bits per heavy atom. The molecule has 1 heterocycles. The fourth-order valence-corrected chi connectivity index (χ4v) is 2.21. The second-order valence-electron chi connectivity index (χ2n) is 5.78. The number of hydrogen-bond donors (Lipinski definition) is 1. The van der Waals surface area contributed by atoms with Gasteiger partial charge in [0.1, 0.15) is 0 Å². The summed E-state index contributed by atoms with van der Waals surface area (Å²) in [6.07, 6.45) is 4.02. The third-order valence-electron chi connectivity index (χ3n) is 3.92. The molecule has 0 aromatic carbocycles. The molecular formula is C13H29ClN2. The molecule has 0 aromatic heterocycles. The minimum absolute atomic E-state index is 0. The SMILES string of the molecule is CCC(C)(C)CCN1CCC(CNC)C1.Cl. The van der Waals surface area contributed by atoms with Crippen molar-refractivity contribution in [2.24, 2.45) is 11.3 Å². The first-order valence-electron chi connectivity index (χ1n) is 6.44. The van der Waals surface area contributed by atoms with Crippen LogP contribution in [0.25, 0.3) is 0 Å². The monoisotopic (exact) mass is 248 g/mol. The molecule has 2 nitrogen and oxygen atoms in total. The van der Waals surface area contributed by atoms with Crippen LogP contribution in [-0.2, 0) is 0 Å². The minimum Gasteiger partial charge on any atom is -0.319 e. The van der Waals surface area contributed by atoms with Gasteiger partial charge in [-0.3, -0.25) is 0 Å². The zero-order valence-corrected chi connectivity index (χ0v) is 12.2. The molecule has 98 valence electrons. The molecule has 0 saturated carbocycles. The first-order chi connectivity index (χ1) is 7.07. The van der Waals surface area contributed by atoms with E-state index in [1.54, 1.807) is 0 Å². The number of nitrogens with one attached hydrogen (secondary N) is 1. The topological polar surface area (TPSA) is 15.3 Å². The van der Waals surface area contributed by atoms with Crippen LogP contribution in [-0.4, -0.2) is 38.1 Å². The van der Waals surface area contributed by atoms with Crippen LogP contribution in [0.3, 0.4) is 0 Å². The molecule has 3 heteroatoms. The summed E-state index contributed by atoms with van der Waals surface area (Å²) in [5.74, 6) is 0.889. The number of rotatable bonds is 6. The molecule has 1 rings (SSSR count). The molecule has 0 bridgehead atoms. The summed E-state index contributed by atoms with van der Waals surface area (Å²) in [6, 6.07) is 0. The minimum atomic E-state index is 0. The molecule has 1 aliphatic rings. The maximum Gasteiger partial charge on any atom is 0.00223 e. The van der Waals surface area contributed by atoms with E-state index >= 15 is 0 Å². The molecule has 0 radical (unpaired) electrons. The van der Waals surface area contributed by atoms with Crippen molar-refractivity contribution in [3.8, 4) is 0 Å². The van der Waals surface area contributed by atoms with Gasteiger partial charge in [-0.25, -0.2) is 0 Å². The first-order valence-corrected chi connectivity index (χ1v) is 6.44. The molecule has 1 aliphatic heterocycles. The van der Waals surface area contributed by atoms with Crippen LogP contribution in [0, 0.1) is 11.3 Å². The maximum absolute atomic E-state index is 3.29. The summed E-state index contributed by atoms with van der Waals surface area (Å²) in [4.78, 5) is 2.64. The third kappa shape index (κ3) is 5.51. The Balaban J connectivity index is 0.00000225. The molecule has 1 N–H and O–H groups in total. The third-order valence-corrected chi connectivity index (χ3v) is 3.92. The molecule has 1 fully saturated rings. The lowest BCUT2D eigenvalue weighted by Gasteiger charge is -2.26. The zero-order valence-electron chi connectivity index (χ0n) is 11.4. The summed E-state index contributed by atoms with van der Waals surface area (Å²) >= 11 is 0. The highest BCUT2D eigenvalue weighted by molar-refractivity contribution is 5.85. The van der Waals surface area contributed by atoms with Gasteiger partial charge in [0.05, 0.1) is 0 Å². The molecule has 0 spiro atoms. The number of likely N-dealkylation sites (tertiary alicyclic amines) is 1. The predicted octanol–water partition coefficient (Wildman–Crippen LogP) is 2.78. The predicted molar refractivity (Wildman–Crippen MR) is 74.4 cm³/mol. The zero-order chi connectivity index (χ0) is 11.3. The highest BCUT2D eigenvalue weighted by atomic mass is 35.5. The van der Waals surface area contributed by atoms with Crippen LogP contribution in [0.2, 0.25) is 0 Å². The molecule has 0 amide bonds. The van der Waals surface area contributed by atoms with E-state index in [0.29, 0.717) is 5.41 Å². The van der Waals surface area contributed by atoms with Gasteiger partial charge in [-0.15, -0.1) is 12.4 Å². The Morgan fingerprint density at radius 2 is 2.06 bits per heavy atom. The van der Waals surface area contributed by atoms with E-state index in [4.69, 9.17) is 0 Å². The highest BCUT2D eigenvalue weighted by Gasteiger charge is 2.23. The van der Waals surface area contributed by atoms with E-state index in [1.807, 2.05) is 0 Å². The Kier molecular flexibility index (Phi) is 7.62. The van der Waals surface area contributed by atoms with Gasteiger partial charge in [-0.1, -0.05) is 27.2 Å². The summed E-state index contributed by atoms with van der Waals surface area (Å²) in [5.41, 5.74) is 0.529. The van der Waals surface area contributed by atoms with Crippen LogP contribution >= 0.6 is 12.4 Å². The van der Waals surface area contributed by atoms with E-state index in [1.165, 1.54) is 45.4 Å². The Hall–Kier alpha value is 0.210. The number of hydrogen-bond acceptors (Lipinski definition) is 2. The molecule has 1 atom stereocenters. The van der Waals surface area contributed by atoms with E-state index in [2.05, 4.69) is 38.0 Å². The maximum atomic E-state index is 3.29. The van der Waals surface area contributed by atoms with E-state index in [9.17, 15) is 0 Å². The number of nitrogens with zero attached hydrogens (tertiary/aromatic N) is 1. The van der Waals surface area contributed by atoms with Crippen molar-refractivity contribution in [1.29, 1.82) is 0 Å². The van der Waals surface area contributed by atoms with Gasteiger partial charge in [-0.2, -0.15) is 0 Å². The van der Waals surface area contributed by atoms with Crippen LogP contribution in [0.1, 0.15) is 40.0 Å². The molecule has 1 unspecified atom stereocenters. The van der Waals surface area contributed by atoms with E-state index < -0.39 is 0 Å². The van der Waals surface area contributed by atoms with Crippen molar-refractivity contribution in [3.63, 3.8) is 0 Å². The van der Waals surface area contributed by atoms with Crippen molar-refractivity contribution in [1.82, 2.24) is 10.2 Å². The Morgan fingerprint density at radius 3 is 2.62 bits per heavy atom. The van der Waals surface area contributed by atoms with Gasteiger partial charge < -0.3 is 10.2 Å². The molecular weight excluding hydrogens is 220 g/mol. The molecule has 16 heavy (non-hydrogen) atoms. The fraction of sp³-hybridized carbons (Fsp3) is 1.00. The number of halogens is 1. The quantitative estimate of drug-likeness (QED) is 0.778. The highest BCUT2D eigenvalue weighted by Crippen LogP contribution is 2.26. The van der Waals surface area contributed by atoms with Crippen molar-refractivity contribution in [2.45, 2.75) is 40.0 Å². The normalized spacial score (nSPS) is 22.1. The summed E-state index contributed by atoms with van der Waals surface area (Å²) in [5, 5.41) is 3.29. The van der Waals surface area contributed by atoms with E-state index in [0.717, 1.165) is 5.92 Å². The molecule has 0 aliphatic carbocycles. The van der Waals surface area contributed by atoms with Gasteiger partial charge in [0, 0.05) is 6.54 Å². The van der Waals surface area contributed by atoms with Crippen LogP contribution in [0.4, 0.5) is 0 Å². The van der Waals surface area contributed by atoms with Crippen molar-refractivity contribution in [2.75, 3.05) is 33.2 Å². The van der Waals surface area contributed by atoms with Gasteiger partial charge in [-0.05, 0) is 50.9 Å². The standard InChI is InChI=1S/C13H28N2.ClH/c1-5-13(2,3)7-9-15-8-6-12(11-15)10-14-4;/h12,14H,5-11H2,1-4H3;1H. The largest absolute Gasteiger partial charge is 0.319 e. The average Bonchev–Trinajstić information content (AvgIpc) is 2.64. The van der Waals surface area contributed by atoms with Gasteiger partial charge >= 0.3 is 0 Å². The Labute approximate surface area is 108 Å². The lowest BCUT2D eigenvalue weighted by atomic mass is 9.86. The summed E-state index contributed by atoms with van der Waals surface area (Å²) in [7, 11) is 2.06. The molecule has 0 aromatic rings. The van der Waals surface area contributed by atoms with Crippen LogP contribution in [0.5, 0.6) is 0 Å². The average molecular weight is 249 g/mol. The summed E-state index contributed by atoms with van der Waals surface area (Å²) in [6.45, 7) is 12.2. The second kappa shape index (κ2) is 7.52. The van der Waals surface area contributed by atoms with Crippen LogP contribution < -0.4 is 5.32 Å². The lowest BCUT2D eigenvalue weighted by Crippen LogP contribution is -2.28. The Bertz CT molecular complexity index is 183. The molecule has 1 saturated heterocycles. The van der Waals surface area contributed by atoms with Crippen molar-refractivity contribution >= 4 is 12.4 Å². The summed E-state index contributed by atoms with van der Waals surface area (Å²) < 4.78 is 0. The fourth-order valence-electron chi connectivity index (χ4n) is 2.21. The first kappa shape index (κ1) is 16.2. The van der Waals surface area contributed by atoms with Crippen molar-refractivity contribution in [3.05, 3.63) is 0 Å². The lowest BCUT2D eigenvalue weighted by molar-refractivity contribution is 0.237. The second-order valence-corrected chi connectivity index (χ2v) is 5.78. The van der Waals surface area contributed by atoms with Crippen molar-refractivity contribution < 1.29 is 0 Å². The smallest absolute Gasteiger partial charge is 0.00223 e. The van der Waals surface area contributed by atoms with Crippen LogP contribution in [0.15, 0.2) is 0 Å².